The standard InChI is InChI=1S/C37H30FN3O3S/c1-26(37(44)41(31-13-7-3-8-14-31)32-15-9-4-10-16-32)45-33-23-21-30(22-24-33)39-36(43)34(25-27-17-19-29(38)20-18-27)40-35(42)28-11-5-2-6-12-28/h2-26H,1H3,(H,39,43)(H,40,42)/b34-25-. The van der Waals surface area contributed by atoms with Crippen LogP contribution in [0.4, 0.5) is 21.5 Å². The molecule has 0 saturated carbocycles. The van der Waals surface area contributed by atoms with Crippen LogP contribution in [0.5, 0.6) is 0 Å². The predicted molar refractivity (Wildman–Crippen MR) is 179 cm³/mol. The van der Waals surface area contributed by atoms with Gasteiger partial charge in [-0.05, 0) is 91.4 Å². The van der Waals surface area contributed by atoms with Crippen LogP contribution in [0.2, 0.25) is 0 Å². The van der Waals surface area contributed by atoms with Gasteiger partial charge in [0.2, 0.25) is 5.91 Å². The van der Waals surface area contributed by atoms with Gasteiger partial charge < -0.3 is 10.6 Å². The second-order valence-electron chi connectivity index (χ2n) is 10.0. The Morgan fingerprint density at radius 3 is 1.80 bits per heavy atom. The Morgan fingerprint density at radius 1 is 0.711 bits per heavy atom. The number of benzene rings is 5. The molecule has 5 rings (SSSR count). The van der Waals surface area contributed by atoms with Gasteiger partial charge in [0.05, 0.1) is 5.25 Å². The van der Waals surface area contributed by atoms with Crippen LogP contribution in [0, 0.1) is 5.82 Å². The number of nitrogens with one attached hydrogen (secondary N) is 2. The summed E-state index contributed by atoms with van der Waals surface area (Å²) in [4.78, 5) is 42.4. The fourth-order valence-corrected chi connectivity index (χ4v) is 5.39. The Balaban J connectivity index is 1.29. The minimum Gasteiger partial charge on any atom is -0.321 e. The second kappa shape index (κ2) is 14.8. The zero-order valence-corrected chi connectivity index (χ0v) is 25.2. The highest BCUT2D eigenvalue weighted by Crippen LogP contribution is 2.31. The van der Waals surface area contributed by atoms with Crippen LogP contribution in [-0.2, 0) is 9.59 Å². The molecule has 0 aliphatic heterocycles. The summed E-state index contributed by atoms with van der Waals surface area (Å²) in [5, 5.41) is 5.08. The van der Waals surface area contributed by atoms with Gasteiger partial charge in [0, 0.05) is 27.5 Å². The number of anilines is 3. The van der Waals surface area contributed by atoms with Gasteiger partial charge in [0.25, 0.3) is 11.8 Å². The molecule has 0 bridgehead atoms. The summed E-state index contributed by atoms with van der Waals surface area (Å²) in [5.41, 5.74) is 2.98. The lowest BCUT2D eigenvalue weighted by molar-refractivity contribution is -0.117. The van der Waals surface area contributed by atoms with Crippen molar-refractivity contribution >= 4 is 52.6 Å². The van der Waals surface area contributed by atoms with Crippen molar-refractivity contribution in [2.24, 2.45) is 0 Å². The van der Waals surface area contributed by atoms with Crippen molar-refractivity contribution in [3.8, 4) is 0 Å². The molecule has 5 aromatic rings. The van der Waals surface area contributed by atoms with Gasteiger partial charge in [-0.2, -0.15) is 0 Å². The molecule has 1 atom stereocenters. The summed E-state index contributed by atoms with van der Waals surface area (Å²) in [5.74, 6) is -1.48. The third kappa shape index (κ3) is 8.34. The largest absolute Gasteiger partial charge is 0.321 e. The quantitative estimate of drug-likeness (QED) is 0.123. The van der Waals surface area contributed by atoms with Gasteiger partial charge >= 0.3 is 0 Å². The Morgan fingerprint density at radius 2 is 1.24 bits per heavy atom. The van der Waals surface area contributed by atoms with Crippen molar-refractivity contribution in [3.63, 3.8) is 0 Å². The van der Waals surface area contributed by atoms with Crippen LogP contribution in [0.25, 0.3) is 6.08 Å². The van der Waals surface area contributed by atoms with Crippen LogP contribution >= 0.6 is 11.8 Å². The molecule has 6 nitrogen and oxygen atoms in total. The molecule has 0 aliphatic carbocycles. The summed E-state index contributed by atoms with van der Waals surface area (Å²) < 4.78 is 13.5. The first-order chi connectivity index (χ1) is 21.9. The van der Waals surface area contributed by atoms with E-state index in [0.29, 0.717) is 16.8 Å². The molecular formula is C37H30FN3O3S. The molecule has 0 spiro atoms. The van der Waals surface area contributed by atoms with Gasteiger partial charge in [-0.3, -0.25) is 19.3 Å². The molecular weight excluding hydrogens is 585 g/mol. The Kier molecular flexibility index (Phi) is 10.2. The van der Waals surface area contributed by atoms with Gasteiger partial charge in [-0.25, -0.2) is 4.39 Å². The van der Waals surface area contributed by atoms with E-state index in [2.05, 4.69) is 10.6 Å². The second-order valence-corrected chi connectivity index (χ2v) is 11.4. The van der Waals surface area contributed by atoms with E-state index >= 15 is 0 Å². The van der Waals surface area contributed by atoms with Crippen LogP contribution in [0.1, 0.15) is 22.8 Å². The average molecular weight is 616 g/mol. The number of rotatable bonds is 10. The first-order valence-electron chi connectivity index (χ1n) is 14.2. The minimum absolute atomic E-state index is 0.00459. The molecule has 0 aliphatic rings. The molecule has 0 heterocycles. The van der Waals surface area contributed by atoms with Crippen molar-refractivity contribution in [1.29, 1.82) is 0 Å². The fourth-order valence-electron chi connectivity index (χ4n) is 4.48. The maximum atomic E-state index is 13.7. The zero-order chi connectivity index (χ0) is 31.6. The summed E-state index contributed by atoms with van der Waals surface area (Å²) in [7, 11) is 0. The average Bonchev–Trinajstić information content (AvgIpc) is 3.07. The highest BCUT2D eigenvalue weighted by Gasteiger charge is 2.24. The first kappa shape index (κ1) is 31.0. The minimum atomic E-state index is -0.547. The number of halogens is 1. The molecule has 0 fully saturated rings. The molecule has 0 aromatic heterocycles. The third-order valence-corrected chi connectivity index (χ3v) is 7.83. The van der Waals surface area contributed by atoms with Crippen molar-refractivity contribution in [2.75, 3.05) is 10.2 Å². The molecule has 0 radical (unpaired) electrons. The predicted octanol–water partition coefficient (Wildman–Crippen LogP) is 8.08. The lowest BCUT2D eigenvalue weighted by Crippen LogP contribution is -2.32. The number of hydrogen-bond donors (Lipinski definition) is 2. The number of carbonyl (C=O) groups excluding carboxylic acids is 3. The number of para-hydroxylation sites is 2. The molecule has 1 unspecified atom stereocenters. The SMILES string of the molecule is CC(Sc1ccc(NC(=O)/C(=C/c2ccc(F)cc2)NC(=O)c2ccccc2)cc1)C(=O)N(c1ccccc1)c1ccccc1. The molecule has 3 amide bonds. The van der Waals surface area contributed by atoms with Crippen molar-refractivity contribution in [2.45, 2.75) is 17.1 Å². The van der Waals surface area contributed by atoms with Gasteiger partial charge in [-0.1, -0.05) is 66.7 Å². The molecule has 0 saturated heterocycles. The normalized spacial score (nSPS) is 11.7. The lowest BCUT2D eigenvalue weighted by atomic mass is 10.1. The maximum absolute atomic E-state index is 13.7. The molecule has 2 N–H and O–H groups in total. The van der Waals surface area contributed by atoms with Gasteiger partial charge in [-0.15, -0.1) is 11.8 Å². The molecule has 5 aromatic carbocycles. The highest BCUT2D eigenvalue weighted by molar-refractivity contribution is 8.00. The Bertz CT molecular complexity index is 1740. The van der Waals surface area contributed by atoms with Crippen molar-refractivity contribution < 1.29 is 18.8 Å². The van der Waals surface area contributed by atoms with E-state index in [9.17, 15) is 18.8 Å². The van der Waals surface area contributed by atoms with Crippen LogP contribution in [0.15, 0.2) is 150 Å². The molecule has 224 valence electrons. The van der Waals surface area contributed by atoms with E-state index in [1.54, 1.807) is 47.4 Å². The summed E-state index contributed by atoms with van der Waals surface area (Å²) in [6.45, 7) is 1.86. The zero-order valence-electron chi connectivity index (χ0n) is 24.4. The van der Waals surface area contributed by atoms with Crippen LogP contribution < -0.4 is 15.5 Å². The fraction of sp³-hybridized carbons (Fsp3) is 0.0541. The monoisotopic (exact) mass is 615 g/mol. The van der Waals surface area contributed by atoms with E-state index in [1.165, 1.54) is 42.1 Å². The van der Waals surface area contributed by atoms with Gasteiger partial charge in [0.15, 0.2) is 0 Å². The number of nitrogens with zero attached hydrogens (tertiary/aromatic N) is 1. The smallest absolute Gasteiger partial charge is 0.272 e. The number of carbonyl (C=O) groups is 3. The molecule has 8 heteroatoms. The maximum Gasteiger partial charge on any atom is 0.272 e. The van der Waals surface area contributed by atoms with Crippen molar-refractivity contribution in [3.05, 3.63) is 162 Å². The summed E-state index contributed by atoms with van der Waals surface area (Å²) in [6, 6.07) is 40.3. The highest BCUT2D eigenvalue weighted by atomic mass is 32.2. The number of thioether (sulfide) groups is 1. The molecule has 45 heavy (non-hydrogen) atoms. The number of amides is 3. The Labute approximate surface area is 265 Å². The van der Waals surface area contributed by atoms with E-state index < -0.39 is 22.9 Å². The summed E-state index contributed by atoms with van der Waals surface area (Å²) >= 11 is 1.41. The van der Waals surface area contributed by atoms with E-state index in [1.807, 2.05) is 79.7 Å². The lowest BCUT2D eigenvalue weighted by Gasteiger charge is -2.26. The van der Waals surface area contributed by atoms with Crippen LogP contribution in [-0.4, -0.2) is 23.0 Å². The van der Waals surface area contributed by atoms with E-state index in [0.717, 1.165) is 16.3 Å². The van der Waals surface area contributed by atoms with Crippen molar-refractivity contribution in [1.82, 2.24) is 5.32 Å². The Hall–Kier alpha value is -5.47. The van der Waals surface area contributed by atoms with Gasteiger partial charge in [0.1, 0.15) is 11.5 Å². The van der Waals surface area contributed by atoms with Crippen LogP contribution in [0.3, 0.4) is 0 Å². The first-order valence-corrected chi connectivity index (χ1v) is 15.1. The third-order valence-electron chi connectivity index (χ3n) is 6.73. The van der Waals surface area contributed by atoms with E-state index in [4.69, 9.17) is 0 Å². The number of hydrogen-bond acceptors (Lipinski definition) is 4. The van der Waals surface area contributed by atoms with E-state index in [-0.39, 0.29) is 11.6 Å². The topological polar surface area (TPSA) is 78.5 Å². The summed E-state index contributed by atoms with van der Waals surface area (Å²) in [6.07, 6.45) is 1.48.